The number of hydrogen-bond acceptors (Lipinski definition) is 6. The lowest BCUT2D eigenvalue weighted by atomic mass is 10.0. The number of methoxy groups -OCH3 is 1. The van der Waals surface area contributed by atoms with E-state index in [1.54, 1.807) is 12.2 Å². The van der Waals surface area contributed by atoms with Gasteiger partial charge in [0.15, 0.2) is 0 Å². The summed E-state index contributed by atoms with van der Waals surface area (Å²) in [5.74, 6) is -2.00. The first-order valence-electron chi connectivity index (χ1n) is 13.2. The van der Waals surface area contributed by atoms with Crippen LogP contribution in [0.25, 0.3) is 0 Å². The van der Waals surface area contributed by atoms with E-state index in [-0.39, 0.29) is 37.9 Å². The molecule has 1 aliphatic heterocycles. The van der Waals surface area contributed by atoms with Crippen molar-refractivity contribution in [3.63, 3.8) is 0 Å². The third-order valence-electron chi connectivity index (χ3n) is 6.61. The van der Waals surface area contributed by atoms with E-state index in [0.29, 0.717) is 38.8 Å². The molecule has 0 unspecified atom stereocenters. The van der Waals surface area contributed by atoms with E-state index in [4.69, 9.17) is 4.74 Å². The van der Waals surface area contributed by atoms with E-state index in [1.165, 1.54) is 28.7 Å². The summed E-state index contributed by atoms with van der Waals surface area (Å²) in [5, 5.41) is 2.85. The van der Waals surface area contributed by atoms with Crippen molar-refractivity contribution in [1.29, 1.82) is 0 Å². The van der Waals surface area contributed by atoms with Crippen molar-refractivity contribution < 1.29 is 28.7 Å². The largest absolute Gasteiger partial charge is 0.468 e. The van der Waals surface area contributed by atoms with Gasteiger partial charge in [0.25, 0.3) is 0 Å². The minimum absolute atomic E-state index is 0.131. The Bertz CT molecular complexity index is 1030. The quantitative estimate of drug-likeness (QED) is 0.268. The molecule has 1 N–H and O–H groups in total. The van der Waals surface area contributed by atoms with Crippen LogP contribution in [0.15, 0.2) is 55.6 Å². The first-order valence-corrected chi connectivity index (χ1v) is 13.2. The van der Waals surface area contributed by atoms with Gasteiger partial charge >= 0.3 is 5.97 Å². The van der Waals surface area contributed by atoms with Crippen LogP contribution in [0.1, 0.15) is 38.2 Å². The molecule has 1 aromatic carbocycles. The summed E-state index contributed by atoms with van der Waals surface area (Å²) in [7, 11) is 1.25. The molecule has 0 aliphatic carbocycles. The number of carbonyl (C=O) groups is 5. The highest BCUT2D eigenvalue weighted by molar-refractivity contribution is 5.94. The van der Waals surface area contributed by atoms with Crippen molar-refractivity contribution in [3.05, 3.63) is 61.2 Å². The number of ether oxygens (including phenoxy) is 1. The van der Waals surface area contributed by atoms with Gasteiger partial charge in [0.05, 0.1) is 13.7 Å². The molecule has 1 saturated heterocycles. The lowest BCUT2D eigenvalue weighted by Gasteiger charge is -2.30. The van der Waals surface area contributed by atoms with E-state index in [2.05, 4.69) is 18.5 Å². The molecule has 39 heavy (non-hydrogen) atoms. The Morgan fingerprint density at radius 3 is 2.28 bits per heavy atom. The molecule has 1 heterocycles. The highest BCUT2D eigenvalue weighted by atomic mass is 16.5. The van der Waals surface area contributed by atoms with E-state index in [9.17, 15) is 24.0 Å². The van der Waals surface area contributed by atoms with Gasteiger partial charge in [-0.3, -0.25) is 24.0 Å². The van der Waals surface area contributed by atoms with E-state index < -0.39 is 29.9 Å². The number of esters is 1. The molecule has 10 nitrogen and oxygen atoms in total. The van der Waals surface area contributed by atoms with Crippen LogP contribution in [0.4, 0.5) is 0 Å². The van der Waals surface area contributed by atoms with Gasteiger partial charge in [-0.2, -0.15) is 0 Å². The van der Waals surface area contributed by atoms with Gasteiger partial charge in [0.2, 0.25) is 23.6 Å². The Labute approximate surface area is 230 Å². The van der Waals surface area contributed by atoms with E-state index >= 15 is 0 Å². The Hall–Kier alpha value is -3.95. The second-order valence-electron chi connectivity index (χ2n) is 9.43. The molecule has 4 amide bonds. The summed E-state index contributed by atoms with van der Waals surface area (Å²) in [6.07, 6.45) is 5.60. The fourth-order valence-corrected chi connectivity index (χ4v) is 4.46. The summed E-state index contributed by atoms with van der Waals surface area (Å²) in [4.78, 5) is 68.5. The third-order valence-corrected chi connectivity index (χ3v) is 6.61. The maximum Gasteiger partial charge on any atom is 0.325 e. The van der Waals surface area contributed by atoms with Crippen LogP contribution in [0, 0.1) is 0 Å². The SMILES string of the molecule is C=CCCN(CC(=O)N1CCC[C@H]1C(=O)N[C@@H](Cc1ccccc1)C(=O)N(CCC=C)CC(=O)OC)C(C)=O. The lowest BCUT2D eigenvalue weighted by Crippen LogP contribution is -2.56. The molecule has 0 spiro atoms. The molecular formula is C29H40N4O6. The maximum atomic E-state index is 13.6. The van der Waals surface area contributed by atoms with Crippen molar-refractivity contribution in [2.24, 2.45) is 0 Å². The number of carbonyl (C=O) groups excluding carboxylic acids is 5. The third kappa shape index (κ3) is 9.70. The van der Waals surface area contributed by atoms with Gasteiger partial charge in [-0.25, -0.2) is 0 Å². The monoisotopic (exact) mass is 540 g/mol. The van der Waals surface area contributed by atoms with Crippen LogP contribution in [-0.4, -0.2) is 96.2 Å². The normalized spacial score (nSPS) is 15.1. The summed E-state index contributed by atoms with van der Waals surface area (Å²) >= 11 is 0. The maximum absolute atomic E-state index is 13.6. The van der Waals surface area contributed by atoms with Gasteiger partial charge in [0, 0.05) is 33.0 Å². The van der Waals surface area contributed by atoms with Crippen molar-refractivity contribution in [2.45, 2.75) is 51.1 Å². The number of rotatable bonds is 15. The van der Waals surface area contributed by atoms with Crippen molar-refractivity contribution >= 4 is 29.6 Å². The number of likely N-dealkylation sites (tertiary alicyclic amines) is 1. The fraction of sp³-hybridized carbons (Fsp3) is 0.483. The Morgan fingerprint density at radius 1 is 1.05 bits per heavy atom. The standard InChI is InChI=1S/C29H40N4O6/c1-5-7-16-31(22(3)34)20-26(35)33-18-12-15-25(33)28(37)30-24(19-23-13-10-9-11-14-23)29(38)32(17-8-6-2)21-27(36)39-4/h5-6,9-11,13-14,24-25H,1-2,7-8,12,15-21H2,3-4H3,(H,30,37)/t24-,25-/m0/s1. The summed E-state index contributed by atoms with van der Waals surface area (Å²) < 4.78 is 4.76. The predicted molar refractivity (Wildman–Crippen MR) is 147 cm³/mol. The van der Waals surface area contributed by atoms with Crippen molar-refractivity contribution in [1.82, 2.24) is 20.0 Å². The van der Waals surface area contributed by atoms with E-state index in [0.717, 1.165) is 5.56 Å². The van der Waals surface area contributed by atoms with Crippen LogP contribution in [0.5, 0.6) is 0 Å². The zero-order valence-electron chi connectivity index (χ0n) is 23.0. The molecule has 0 aromatic heterocycles. The second-order valence-corrected chi connectivity index (χ2v) is 9.43. The molecule has 2 rings (SSSR count). The summed E-state index contributed by atoms with van der Waals surface area (Å²) in [5.41, 5.74) is 0.830. The molecule has 212 valence electrons. The van der Waals surface area contributed by atoms with Crippen LogP contribution in [-0.2, 0) is 35.1 Å². The van der Waals surface area contributed by atoms with Crippen LogP contribution in [0.2, 0.25) is 0 Å². The number of amides is 4. The minimum Gasteiger partial charge on any atom is -0.468 e. The molecule has 2 atom stereocenters. The van der Waals surface area contributed by atoms with Crippen LogP contribution in [0.3, 0.4) is 0 Å². The fourth-order valence-electron chi connectivity index (χ4n) is 4.46. The topological polar surface area (TPSA) is 116 Å². The molecule has 10 heteroatoms. The molecule has 0 saturated carbocycles. The Morgan fingerprint density at radius 2 is 1.69 bits per heavy atom. The number of hydrogen-bond donors (Lipinski definition) is 1. The zero-order chi connectivity index (χ0) is 28.8. The number of nitrogens with zero attached hydrogens (tertiary/aromatic N) is 3. The number of benzene rings is 1. The van der Waals surface area contributed by atoms with Gasteiger partial charge in [-0.15, -0.1) is 13.2 Å². The lowest BCUT2D eigenvalue weighted by molar-refractivity contribution is -0.148. The second kappa shape index (κ2) is 16.1. The van der Waals surface area contributed by atoms with Gasteiger partial charge in [-0.1, -0.05) is 42.5 Å². The smallest absolute Gasteiger partial charge is 0.325 e. The van der Waals surface area contributed by atoms with Crippen LogP contribution < -0.4 is 5.32 Å². The van der Waals surface area contributed by atoms with Crippen LogP contribution >= 0.6 is 0 Å². The molecule has 1 aromatic rings. The average Bonchev–Trinajstić information content (AvgIpc) is 3.43. The first-order chi connectivity index (χ1) is 18.7. The van der Waals surface area contributed by atoms with Crippen molar-refractivity contribution in [2.75, 3.05) is 39.8 Å². The average molecular weight is 541 g/mol. The molecular weight excluding hydrogens is 500 g/mol. The van der Waals surface area contributed by atoms with Gasteiger partial charge in [0.1, 0.15) is 18.6 Å². The number of nitrogens with one attached hydrogen (secondary N) is 1. The molecule has 1 aliphatic rings. The van der Waals surface area contributed by atoms with Crippen molar-refractivity contribution in [3.8, 4) is 0 Å². The summed E-state index contributed by atoms with van der Waals surface area (Å²) in [6.45, 7) is 9.34. The first kappa shape index (κ1) is 31.3. The molecule has 0 bridgehead atoms. The van der Waals surface area contributed by atoms with Gasteiger partial charge in [-0.05, 0) is 31.2 Å². The molecule has 1 fully saturated rings. The minimum atomic E-state index is -0.965. The molecule has 0 radical (unpaired) electrons. The summed E-state index contributed by atoms with van der Waals surface area (Å²) in [6, 6.07) is 7.51. The van der Waals surface area contributed by atoms with Gasteiger partial charge < -0.3 is 24.8 Å². The zero-order valence-corrected chi connectivity index (χ0v) is 23.0. The Kier molecular flexibility index (Phi) is 12.9. The van der Waals surface area contributed by atoms with E-state index in [1.807, 2.05) is 30.3 Å². The Balaban J connectivity index is 2.23. The predicted octanol–water partition coefficient (Wildman–Crippen LogP) is 1.71. The highest BCUT2D eigenvalue weighted by Gasteiger charge is 2.37. The highest BCUT2D eigenvalue weighted by Crippen LogP contribution is 2.19.